The molecule has 33 heavy (non-hydrogen) atoms. The van der Waals surface area contributed by atoms with Crippen molar-refractivity contribution < 1.29 is 37.9 Å². The quantitative estimate of drug-likeness (QED) is 0.382. The fourth-order valence-electron chi connectivity index (χ4n) is 3.65. The zero-order chi connectivity index (χ0) is 24.4. The molecule has 2 heterocycles. The molecule has 1 amide bonds. The number of nitrogens with zero attached hydrogens (tertiary/aromatic N) is 1. The Morgan fingerprint density at radius 3 is 2.24 bits per heavy atom. The maximum atomic E-state index is 12.7. The molecule has 1 aromatic rings. The third-order valence-electron chi connectivity index (χ3n) is 5.31. The van der Waals surface area contributed by atoms with Crippen LogP contribution < -0.4 is 5.46 Å². The van der Waals surface area contributed by atoms with Crippen molar-refractivity contribution in [3.8, 4) is 0 Å². The van der Waals surface area contributed by atoms with Crippen molar-refractivity contribution in [3.05, 3.63) is 29.8 Å². The maximum Gasteiger partial charge on any atom is 0.493 e. The Bertz CT molecular complexity index is 869. The molecule has 0 spiro atoms. The first-order chi connectivity index (χ1) is 15.4. The largest absolute Gasteiger partial charge is 0.493 e. The summed E-state index contributed by atoms with van der Waals surface area (Å²) < 4.78 is 27.3. The third-order valence-corrected chi connectivity index (χ3v) is 5.31. The van der Waals surface area contributed by atoms with Crippen LogP contribution in [-0.2, 0) is 28.3 Å². The van der Waals surface area contributed by atoms with Crippen molar-refractivity contribution in [1.82, 2.24) is 4.90 Å². The molecule has 1 aromatic carbocycles. The monoisotopic (exact) mass is 461 g/mol. The molecule has 0 aliphatic carbocycles. The molecule has 9 nitrogen and oxygen atoms in total. The van der Waals surface area contributed by atoms with Gasteiger partial charge in [0.15, 0.2) is 0 Å². The first-order valence-corrected chi connectivity index (χ1v) is 11.0. The molecule has 3 rings (SSSR count). The zero-order valence-corrected chi connectivity index (χ0v) is 20.1. The topological polar surface area (TPSA) is 101 Å². The van der Waals surface area contributed by atoms with Crippen LogP contribution in [0.3, 0.4) is 0 Å². The van der Waals surface area contributed by atoms with E-state index in [4.69, 9.17) is 23.5 Å². The molecule has 0 saturated carbocycles. The molecule has 180 valence electrons. The minimum Gasteiger partial charge on any atom is -0.467 e. The van der Waals surface area contributed by atoms with Gasteiger partial charge in [-0.1, -0.05) is 26.0 Å². The van der Waals surface area contributed by atoms with Gasteiger partial charge in [-0.2, -0.15) is 0 Å². The molecule has 2 fully saturated rings. The van der Waals surface area contributed by atoms with E-state index in [2.05, 4.69) is 13.8 Å². The highest BCUT2D eigenvalue weighted by molar-refractivity contribution is 6.61. The molecule has 0 bridgehead atoms. The fourth-order valence-corrected chi connectivity index (χ4v) is 3.65. The van der Waals surface area contributed by atoms with Crippen LogP contribution in [0, 0.1) is 5.41 Å². The molecule has 0 aromatic heterocycles. The van der Waals surface area contributed by atoms with Crippen LogP contribution in [0.2, 0.25) is 0 Å². The van der Waals surface area contributed by atoms with Crippen LogP contribution in [0.4, 0.5) is 4.79 Å². The number of rotatable bonds is 4. The van der Waals surface area contributed by atoms with E-state index in [0.29, 0.717) is 18.8 Å². The van der Waals surface area contributed by atoms with Crippen molar-refractivity contribution in [2.24, 2.45) is 5.41 Å². The van der Waals surface area contributed by atoms with Gasteiger partial charge >= 0.3 is 25.2 Å². The van der Waals surface area contributed by atoms with Crippen LogP contribution in [-0.4, -0.2) is 74.7 Å². The molecule has 0 radical (unpaired) electrons. The number of amides is 1. The Morgan fingerprint density at radius 2 is 1.70 bits per heavy atom. The number of carbonyl (C=O) groups excluding carboxylic acids is 3. The van der Waals surface area contributed by atoms with Crippen LogP contribution in [0.25, 0.3) is 0 Å². The summed E-state index contributed by atoms with van der Waals surface area (Å²) in [5.41, 5.74) is 0.400. The Morgan fingerprint density at radius 1 is 1.09 bits per heavy atom. The summed E-state index contributed by atoms with van der Waals surface area (Å²) >= 11 is 0. The van der Waals surface area contributed by atoms with E-state index < -0.39 is 42.9 Å². The van der Waals surface area contributed by atoms with Crippen molar-refractivity contribution in [2.45, 2.75) is 58.8 Å². The highest BCUT2D eigenvalue weighted by Crippen LogP contribution is 2.25. The predicted octanol–water partition coefficient (Wildman–Crippen LogP) is 2.16. The summed E-state index contributed by atoms with van der Waals surface area (Å²) in [5, 5.41) is 0. The second-order valence-corrected chi connectivity index (χ2v) is 10.2. The molecule has 2 atom stereocenters. The average Bonchev–Trinajstić information content (AvgIpc) is 3.16. The van der Waals surface area contributed by atoms with Gasteiger partial charge in [0.2, 0.25) is 0 Å². The van der Waals surface area contributed by atoms with E-state index in [1.54, 1.807) is 45.0 Å². The average molecular weight is 461 g/mol. The summed E-state index contributed by atoms with van der Waals surface area (Å²) in [6.45, 7) is 10.5. The van der Waals surface area contributed by atoms with Crippen molar-refractivity contribution in [1.29, 1.82) is 0 Å². The van der Waals surface area contributed by atoms with E-state index in [9.17, 15) is 14.4 Å². The summed E-state index contributed by atoms with van der Waals surface area (Å²) in [5.74, 6) is -1.13. The normalized spacial score (nSPS) is 22.6. The van der Waals surface area contributed by atoms with Gasteiger partial charge in [-0.3, -0.25) is 4.90 Å². The highest BCUT2D eigenvalue weighted by Gasteiger charge is 2.44. The number of carbonyl (C=O) groups is 3. The summed E-state index contributed by atoms with van der Waals surface area (Å²) in [6, 6.07) is 5.93. The molecule has 0 N–H and O–H groups in total. The smallest absolute Gasteiger partial charge is 0.467 e. The van der Waals surface area contributed by atoms with E-state index in [0.717, 1.165) is 5.46 Å². The minimum atomic E-state index is -0.880. The summed E-state index contributed by atoms with van der Waals surface area (Å²) in [6.07, 6.45) is -1.19. The van der Waals surface area contributed by atoms with Gasteiger partial charge in [0.25, 0.3) is 0 Å². The lowest BCUT2D eigenvalue weighted by Crippen LogP contribution is -2.47. The molecule has 0 unspecified atom stereocenters. The maximum absolute atomic E-state index is 12.7. The highest BCUT2D eigenvalue weighted by atomic mass is 16.6. The number of likely N-dealkylation sites (tertiary alicyclic amines) is 1. The number of methoxy groups -OCH3 is 1. The Hall–Kier alpha value is -2.59. The van der Waals surface area contributed by atoms with Crippen molar-refractivity contribution >= 4 is 30.6 Å². The number of esters is 2. The molecule has 2 aliphatic rings. The van der Waals surface area contributed by atoms with Gasteiger partial charge in [0.05, 0.1) is 19.2 Å². The van der Waals surface area contributed by atoms with E-state index in [1.165, 1.54) is 12.0 Å². The lowest BCUT2D eigenvalue weighted by Gasteiger charge is -2.33. The van der Waals surface area contributed by atoms with Gasteiger partial charge < -0.3 is 23.5 Å². The van der Waals surface area contributed by atoms with Crippen molar-refractivity contribution in [3.63, 3.8) is 0 Å². The lowest BCUT2D eigenvalue weighted by molar-refractivity contribution is -0.145. The first kappa shape index (κ1) is 25.0. The van der Waals surface area contributed by atoms with Gasteiger partial charge in [0.1, 0.15) is 17.7 Å². The summed E-state index contributed by atoms with van der Waals surface area (Å²) in [4.78, 5) is 38.7. The SMILES string of the molecule is COC(=O)[C@@H]1C[C@@H](OC(=O)c2ccc(B3OCC(C)(C)CO3)cc2)CN1C(=O)OC(C)(C)C. The Balaban J connectivity index is 1.62. The zero-order valence-electron chi connectivity index (χ0n) is 20.1. The van der Waals surface area contributed by atoms with Gasteiger partial charge in [-0.15, -0.1) is 0 Å². The third kappa shape index (κ3) is 6.48. The first-order valence-electron chi connectivity index (χ1n) is 11.0. The predicted molar refractivity (Wildman–Crippen MR) is 120 cm³/mol. The number of hydrogen-bond acceptors (Lipinski definition) is 8. The van der Waals surface area contributed by atoms with E-state index in [1.807, 2.05) is 0 Å². The molecular formula is C23H32BNO8. The summed E-state index contributed by atoms with van der Waals surface area (Å²) in [7, 11) is 0.776. The molecule has 10 heteroatoms. The van der Waals surface area contributed by atoms with Gasteiger partial charge in [-0.25, -0.2) is 14.4 Å². The number of ether oxygens (including phenoxy) is 3. The molecule has 2 aliphatic heterocycles. The molecular weight excluding hydrogens is 429 g/mol. The van der Waals surface area contributed by atoms with Crippen LogP contribution in [0.1, 0.15) is 51.4 Å². The van der Waals surface area contributed by atoms with E-state index in [-0.39, 0.29) is 18.4 Å². The lowest BCUT2D eigenvalue weighted by atomic mass is 9.76. The second-order valence-electron chi connectivity index (χ2n) is 10.2. The van der Waals surface area contributed by atoms with E-state index >= 15 is 0 Å². The van der Waals surface area contributed by atoms with Gasteiger partial charge in [0, 0.05) is 25.0 Å². The molecule has 2 saturated heterocycles. The Labute approximate surface area is 194 Å². The Kier molecular flexibility index (Phi) is 7.38. The van der Waals surface area contributed by atoms with Crippen LogP contribution in [0.5, 0.6) is 0 Å². The number of benzene rings is 1. The number of hydrogen-bond donors (Lipinski definition) is 0. The van der Waals surface area contributed by atoms with Crippen molar-refractivity contribution in [2.75, 3.05) is 26.9 Å². The van der Waals surface area contributed by atoms with Crippen LogP contribution >= 0.6 is 0 Å². The van der Waals surface area contributed by atoms with Crippen LogP contribution in [0.15, 0.2) is 24.3 Å². The minimum absolute atomic E-state index is 0.0310. The van der Waals surface area contributed by atoms with Gasteiger partial charge in [-0.05, 0) is 38.4 Å². The standard InChI is InChI=1S/C23H32BNO8/c1-22(2,3)33-21(28)25-12-17(11-18(25)20(27)29-6)32-19(26)15-7-9-16(10-8-15)24-30-13-23(4,5)14-31-24/h7-10,17-18H,11-14H2,1-6H3/t17-,18+/m1/s1. The fraction of sp³-hybridized carbons (Fsp3) is 0.609. The second kappa shape index (κ2) is 9.73.